The van der Waals surface area contributed by atoms with Crippen LogP contribution in [0.15, 0.2) is 35.8 Å². The van der Waals surface area contributed by atoms with Crippen LogP contribution in [0, 0.1) is 0 Å². The monoisotopic (exact) mass is 414 g/mol. The number of rotatable bonds is 6. The summed E-state index contributed by atoms with van der Waals surface area (Å²) in [5.41, 5.74) is 3.28. The van der Waals surface area contributed by atoms with Gasteiger partial charge in [-0.2, -0.15) is 0 Å². The van der Waals surface area contributed by atoms with E-state index in [0.29, 0.717) is 17.2 Å². The lowest BCUT2D eigenvalue weighted by Crippen LogP contribution is -2.27. The van der Waals surface area contributed by atoms with Crippen LogP contribution in [0.5, 0.6) is 0 Å². The summed E-state index contributed by atoms with van der Waals surface area (Å²) in [6, 6.07) is 6.44. The number of hydrogen-bond acceptors (Lipinski definition) is 7. The molecule has 0 aliphatic heterocycles. The molecule has 0 bridgehead atoms. The van der Waals surface area contributed by atoms with Crippen LogP contribution in [0.25, 0.3) is 10.0 Å². The number of amides is 2. The zero-order chi connectivity index (χ0) is 19.7. The first-order valence-corrected chi connectivity index (χ1v) is 10.5. The van der Waals surface area contributed by atoms with Crippen LogP contribution < -0.4 is 10.8 Å². The molecule has 0 saturated heterocycles. The van der Waals surface area contributed by atoms with Gasteiger partial charge in [0.15, 0.2) is 10.0 Å². The smallest absolute Gasteiger partial charge is 0.274 e. The van der Waals surface area contributed by atoms with Gasteiger partial charge in [-0.05, 0) is 43.4 Å². The second kappa shape index (κ2) is 7.78. The third-order valence-electron chi connectivity index (χ3n) is 4.55. The van der Waals surface area contributed by atoms with Crippen LogP contribution in [0.3, 0.4) is 0 Å². The van der Waals surface area contributed by atoms with Crippen LogP contribution in [-0.4, -0.2) is 27.0 Å². The van der Waals surface area contributed by atoms with Crippen molar-refractivity contribution in [1.82, 2.24) is 20.8 Å². The Hall–Kier alpha value is -2.62. The fourth-order valence-electron chi connectivity index (χ4n) is 2.87. The number of thiazole rings is 2. The predicted octanol–water partition coefficient (Wildman–Crippen LogP) is 3.75. The SMILES string of the molecule is C[C@@H](NC(=O)c1nc(-c2nccs2)sc1C1CC1)c1ccc(C(=O)NO)cc1. The van der Waals surface area contributed by atoms with Crippen molar-refractivity contribution < 1.29 is 14.8 Å². The molecule has 2 aromatic heterocycles. The molecule has 0 spiro atoms. The zero-order valence-electron chi connectivity index (χ0n) is 15.0. The normalized spacial score (nSPS) is 14.5. The molecule has 1 aromatic carbocycles. The number of carbonyl (C=O) groups is 2. The molecule has 1 saturated carbocycles. The minimum Gasteiger partial charge on any atom is -0.344 e. The van der Waals surface area contributed by atoms with Crippen molar-refractivity contribution in [2.45, 2.75) is 31.7 Å². The highest BCUT2D eigenvalue weighted by atomic mass is 32.1. The number of nitrogens with one attached hydrogen (secondary N) is 2. The molecule has 2 heterocycles. The summed E-state index contributed by atoms with van der Waals surface area (Å²) in [6.45, 7) is 1.88. The summed E-state index contributed by atoms with van der Waals surface area (Å²) < 4.78 is 0. The van der Waals surface area contributed by atoms with Gasteiger partial charge >= 0.3 is 0 Å². The summed E-state index contributed by atoms with van der Waals surface area (Å²) in [5.74, 6) is -0.362. The Kier molecular flexibility index (Phi) is 5.21. The fourth-order valence-corrected chi connectivity index (χ4v) is 4.78. The molecule has 3 aromatic rings. The predicted molar refractivity (Wildman–Crippen MR) is 107 cm³/mol. The van der Waals surface area contributed by atoms with E-state index in [1.165, 1.54) is 11.3 Å². The van der Waals surface area contributed by atoms with E-state index in [2.05, 4.69) is 15.3 Å². The minimum absolute atomic E-state index is 0.203. The molecule has 0 unspecified atom stereocenters. The number of benzene rings is 1. The zero-order valence-corrected chi connectivity index (χ0v) is 16.6. The van der Waals surface area contributed by atoms with Crippen LogP contribution >= 0.6 is 22.7 Å². The van der Waals surface area contributed by atoms with Gasteiger partial charge < -0.3 is 5.32 Å². The molecular weight excluding hydrogens is 396 g/mol. The van der Waals surface area contributed by atoms with E-state index in [4.69, 9.17) is 5.21 Å². The minimum atomic E-state index is -0.575. The number of hydrogen-bond donors (Lipinski definition) is 3. The Balaban J connectivity index is 1.52. The molecule has 9 heteroatoms. The van der Waals surface area contributed by atoms with Gasteiger partial charge in [-0.15, -0.1) is 22.7 Å². The molecule has 1 fully saturated rings. The molecule has 3 N–H and O–H groups in total. The lowest BCUT2D eigenvalue weighted by Gasteiger charge is -2.14. The second-order valence-electron chi connectivity index (χ2n) is 6.60. The first kappa shape index (κ1) is 18.7. The van der Waals surface area contributed by atoms with E-state index in [9.17, 15) is 9.59 Å². The van der Waals surface area contributed by atoms with Gasteiger partial charge in [-0.1, -0.05) is 12.1 Å². The maximum atomic E-state index is 12.9. The van der Waals surface area contributed by atoms with E-state index >= 15 is 0 Å². The standard InChI is InChI=1S/C19H18N4O3S2/c1-10(11-2-6-13(7-3-11)16(24)23-26)21-17(25)14-15(12-4-5-12)28-19(22-14)18-20-8-9-27-18/h2-3,6-10,12,26H,4-5H2,1H3,(H,21,25)(H,23,24)/t10-/m1/s1. The molecule has 28 heavy (non-hydrogen) atoms. The quantitative estimate of drug-likeness (QED) is 0.421. The number of carbonyl (C=O) groups excluding carboxylic acids is 2. The highest BCUT2D eigenvalue weighted by Gasteiger charge is 2.32. The van der Waals surface area contributed by atoms with Gasteiger partial charge in [-0.3, -0.25) is 14.8 Å². The van der Waals surface area contributed by atoms with Crippen LogP contribution in [0.1, 0.15) is 63.0 Å². The van der Waals surface area contributed by atoms with Gasteiger partial charge in [0, 0.05) is 22.0 Å². The summed E-state index contributed by atoms with van der Waals surface area (Å²) in [7, 11) is 0. The van der Waals surface area contributed by atoms with E-state index in [1.54, 1.807) is 47.3 Å². The molecule has 144 valence electrons. The van der Waals surface area contributed by atoms with Crippen molar-refractivity contribution in [1.29, 1.82) is 0 Å². The fraction of sp³-hybridized carbons (Fsp3) is 0.263. The van der Waals surface area contributed by atoms with E-state index in [-0.39, 0.29) is 11.9 Å². The average Bonchev–Trinajstić information content (AvgIpc) is 3.23. The van der Waals surface area contributed by atoms with E-state index < -0.39 is 5.91 Å². The molecular formula is C19H18N4O3S2. The Bertz CT molecular complexity index is 995. The average molecular weight is 415 g/mol. The molecule has 1 aliphatic rings. The van der Waals surface area contributed by atoms with Gasteiger partial charge in [0.2, 0.25) is 0 Å². The molecule has 2 amide bonds. The number of nitrogens with zero attached hydrogens (tertiary/aromatic N) is 2. The summed E-state index contributed by atoms with van der Waals surface area (Å²) in [4.78, 5) is 34.2. The van der Waals surface area contributed by atoms with Crippen molar-refractivity contribution in [3.8, 4) is 10.0 Å². The van der Waals surface area contributed by atoms with Gasteiger partial charge in [-0.25, -0.2) is 15.4 Å². The van der Waals surface area contributed by atoms with Crippen molar-refractivity contribution in [2.24, 2.45) is 0 Å². The molecule has 0 radical (unpaired) electrons. The van der Waals surface area contributed by atoms with Crippen molar-refractivity contribution in [3.05, 3.63) is 57.5 Å². The van der Waals surface area contributed by atoms with Crippen molar-refractivity contribution >= 4 is 34.5 Å². The van der Waals surface area contributed by atoms with Crippen LogP contribution in [0.2, 0.25) is 0 Å². The summed E-state index contributed by atoms with van der Waals surface area (Å²) in [5, 5.41) is 15.2. The van der Waals surface area contributed by atoms with E-state index in [0.717, 1.165) is 33.3 Å². The molecule has 7 nitrogen and oxygen atoms in total. The van der Waals surface area contributed by atoms with Gasteiger partial charge in [0.1, 0.15) is 5.69 Å². The third kappa shape index (κ3) is 3.82. The molecule has 1 atom stereocenters. The number of aromatic nitrogens is 2. The van der Waals surface area contributed by atoms with Crippen LogP contribution in [0.4, 0.5) is 0 Å². The van der Waals surface area contributed by atoms with Crippen molar-refractivity contribution in [3.63, 3.8) is 0 Å². The first-order chi connectivity index (χ1) is 13.6. The molecule has 1 aliphatic carbocycles. The Labute approximate surface area is 169 Å². The topological polar surface area (TPSA) is 104 Å². The van der Waals surface area contributed by atoms with Gasteiger partial charge in [0.05, 0.1) is 6.04 Å². The maximum Gasteiger partial charge on any atom is 0.274 e. The highest BCUT2D eigenvalue weighted by Crippen LogP contribution is 2.46. The lowest BCUT2D eigenvalue weighted by atomic mass is 10.1. The lowest BCUT2D eigenvalue weighted by molar-refractivity contribution is 0.0706. The Morgan fingerprint density at radius 1 is 1.18 bits per heavy atom. The molecule has 4 rings (SSSR count). The van der Waals surface area contributed by atoms with Crippen molar-refractivity contribution in [2.75, 3.05) is 0 Å². The summed E-state index contributed by atoms with van der Waals surface area (Å²) in [6.07, 6.45) is 3.91. The first-order valence-electron chi connectivity index (χ1n) is 8.82. The Morgan fingerprint density at radius 3 is 2.54 bits per heavy atom. The summed E-state index contributed by atoms with van der Waals surface area (Å²) >= 11 is 3.07. The third-order valence-corrected chi connectivity index (χ3v) is 6.69. The van der Waals surface area contributed by atoms with Crippen LogP contribution in [-0.2, 0) is 0 Å². The van der Waals surface area contributed by atoms with Gasteiger partial charge in [0.25, 0.3) is 11.8 Å². The van der Waals surface area contributed by atoms with E-state index in [1.807, 2.05) is 12.3 Å². The number of hydroxylamine groups is 1. The second-order valence-corrected chi connectivity index (χ2v) is 8.53. The largest absolute Gasteiger partial charge is 0.344 e. The Morgan fingerprint density at radius 2 is 1.93 bits per heavy atom. The highest BCUT2D eigenvalue weighted by molar-refractivity contribution is 7.20. The maximum absolute atomic E-state index is 12.9.